The quantitative estimate of drug-likeness (QED) is 0.734. The minimum atomic E-state index is -0.0975. The van der Waals surface area contributed by atoms with Crippen molar-refractivity contribution < 1.29 is 0 Å². The van der Waals surface area contributed by atoms with Crippen LogP contribution < -0.4 is 16.2 Å². The number of rotatable bonds is 1. The molecule has 1 aromatic heterocycles. The average Bonchev–Trinajstić information content (AvgIpc) is 2.75. The molecule has 1 aliphatic carbocycles. The van der Waals surface area contributed by atoms with Crippen molar-refractivity contribution in [1.29, 1.82) is 0 Å². The van der Waals surface area contributed by atoms with Crippen molar-refractivity contribution in [3.05, 3.63) is 22.7 Å². The Bertz CT molecular complexity index is 458. The van der Waals surface area contributed by atoms with Crippen molar-refractivity contribution in [3.8, 4) is 0 Å². The Balaban J connectivity index is 1.84. The molecule has 0 spiro atoms. The van der Waals surface area contributed by atoms with Gasteiger partial charge in [-0.25, -0.2) is 4.98 Å². The van der Waals surface area contributed by atoms with Crippen molar-refractivity contribution in [2.24, 2.45) is 17.6 Å². The summed E-state index contributed by atoms with van der Waals surface area (Å²) in [6.45, 7) is 1.81. The summed E-state index contributed by atoms with van der Waals surface area (Å²) in [7, 11) is 0. The van der Waals surface area contributed by atoms with Crippen LogP contribution in [0.3, 0.4) is 0 Å². The van der Waals surface area contributed by atoms with Crippen LogP contribution in [0.5, 0.6) is 0 Å². The topological polar surface area (TPSA) is 75.0 Å². The predicted octanol–water partition coefficient (Wildman–Crippen LogP) is 0.333. The van der Waals surface area contributed by atoms with Crippen molar-refractivity contribution >= 4 is 5.82 Å². The molecule has 1 aromatic rings. The molecule has 3 atom stereocenters. The monoisotopic (exact) mass is 234 g/mol. The molecule has 1 saturated heterocycles. The molecule has 5 nitrogen and oxygen atoms in total. The second kappa shape index (κ2) is 4.14. The van der Waals surface area contributed by atoms with Gasteiger partial charge in [0.15, 0.2) is 5.82 Å². The molecule has 17 heavy (non-hydrogen) atoms. The summed E-state index contributed by atoms with van der Waals surface area (Å²) in [6, 6.07) is 0.293. The Morgan fingerprint density at radius 2 is 2.29 bits per heavy atom. The van der Waals surface area contributed by atoms with Crippen molar-refractivity contribution in [2.75, 3.05) is 18.0 Å². The molecule has 3 unspecified atom stereocenters. The van der Waals surface area contributed by atoms with Crippen LogP contribution in [0.4, 0.5) is 5.82 Å². The fraction of sp³-hybridized carbons (Fsp3) is 0.667. The number of nitrogens with two attached hydrogens (primary N) is 1. The number of hydrogen-bond donors (Lipinski definition) is 2. The Kier molecular flexibility index (Phi) is 2.63. The number of nitrogens with zero attached hydrogens (tertiary/aromatic N) is 2. The van der Waals surface area contributed by atoms with Crippen LogP contribution in [0.1, 0.15) is 19.3 Å². The lowest BCUT2D eigenvalue weighted by Gasteiger charge is -2.29. The van der Waals surface area contributed by atoms with E-state index in [9.17, 15) is 4.79 Å². The smallest absolute Gasteiger partial charge is 0.290 e. The first-order valence-electron chi connectivity index (χ1n) is 6.30. The molecule has 2 heterocycles. The number of fused-ring (bicyclic) bond motifs is 1. The van der Waals surface area contributed by atoms with Gasteiger partial charge in [0.2, 0.25) is 0 Å². The van der Waals surface area contributed by atoms with Gasteiger partial charge in [-0.1, -0.05) is 6.42 Å². The second-order valence-corrected chi connectivity index (χ2v) is 5.17. The molecule has 5 heteroatoms. The summed E-state index contributed by atoms with van der Waals surface area (Å²) < 4.78 is 0. The van der Waals surface area contributed by atoms with E-state index in [1.54, 1.807) is 12.4 Å². The molecule has 0 amide bonds. The average molecular weight is 234 g/mol. The summed E-state index contributed by atoms with van der Waals surface area (Å²) in [5.41, 5.74) is 6.07. The number of nitrogens with one attached hydrogen (secondary N) is 1. The summed E-state index contributed by atoms with van der Waals surface area (Å²) in [4.78, 5) is 20.7. The van der Waals surface area contributed by atoms with Crippen LogP contribution in [-0.2, 0) is 0 Å². The van der Waals surface area contributed by atoms with Gasteiger partial charge < -0.3 is 15.6 Å². The summed E-state index contributed by atoms with van der Waals surface area (Å²) in [5.74, 6) is 1.72. The minimum absolute atomic E-state index is 0.0975. The molecule has 0 bridgehead atoms. The summed E-state index contributed by atoms with van der Waals surface area (Å²) in [5, 5.41) is 0. The van der Waals surface area contributed by atoms with E-state index in [1.807, 2.05) is 0 Å². The van der Waals surface area contributed by atoms with Crippen LogP contribution in [0, 0.1) is 11.8 Å². The van der Waals surface area contributed by atoms with Gasteiger partial charge in [0.25, 0.3) is 5.56 Å². The first-order chi connectivity index (χ1) is 8.25. The minimum Gasteiger partial charge on any atom is -0.351 e. The van der Waals surface area contributed by atoms with E-state index in [0.717, 1.165) is 19.5 Å². The normalized spacial score (nSPS) is 32.5. The fourth-order valence-corrected chi connectivity index (χ4v) is 3.26. The maximum Gasteiger partial charge on any atom is 0.290 e. The molecule has 1 saturated carbocycles. The zero-order valence-corrected chi connectivity index (χ0v) is 9.80. The first kappa shape index (κ1) is 10.8. The standard InChI is InChI=1S/C12H18N4O/c13-10-3-1-2-8-6-16(7-9(8)10)11-12(17)15-5-4-14-11/h4-5,8-10H,1-3,6-7,13H2,(H,15,17). The van der Waals surface area contributed by atoms with E-state index < -0.39 is 0 Å². The van der Waals surface area contributed by atoms with Gasteiger partial charge in [-0.15, -0.1) is 0 Å². The van der Waals surface area contributed by atoms with Gasteiger partial charge in [0.05, 0.1) is 0 Å². The van der Waals surface area contributed by atoms with Crippen molar-refractivity contribution in [2.45, 2.75) is 25.3 Å². The Morgan fingerprint density at radius 3 is 3.06 bits per heavy atom. The van der Waals surface area contributed by atoms with Gasteiger partial charge in [0, 0.05) is 31.5 Å². The van der Waals surface area contributed by atoms with Crippen LogP contribution in [0.25, 0.3) is 0 Å². The largest absolute Gasteiger partial charge is 0.351 e. The molecular formula is C12H18N4O. The highest BCUT2D eigenvalue weighted by Gasteiger charge is 2.39. The zero-order valence-electron chi connectivity index (χ0n) is 9.80. The summed E-state index contributed by atoms with van der Waals surface area (Å²) in [6.07, 6.45) is 6.78. The third-order valence-electron chi connectivity index (χ3n) is 4.14. The molecule has 3 N–H and O–H groups in total. The van der Waals surface area contributed by atoms with Gasteiger partial charge in [-0.3, -0.25) is 4.79 Å². The maximum absolute atomic E-state index is 11.7. The lowest BCUT2D eigenvalue weighted by molar-refractivity contribution is 0.260. The zero-order chi connectivity index (χ0) is 11.8. The highest BCUT2D eigenvalue weighted by molar-refractivity contribution is 5.37. The Morgan fingerprint density at radius 1 is 1.41 bits per heavy atom. The third kappa shape index (κ3) is 1.84. The van der Waals surface area contributed by atoms with Gasteiger partial charge >= 0.3 is 0 Å². The molecule has 3 rings (SSSR count). The maximum atomic E-state index is 11.7. The highest BCUT2D eigenvalue weighted by Crippen LogP contribution is 2.36. The third-order valence-corrected chi connectivity index (χ3v) is 4.14. The number of H-pyrrole nitrogens is 1. The summed E-state index contributed by atoms with van der Waals surface area (Å²) >= 11 is 0. The predicted molar refractivity (Wildman–Crippen MR) is 65.9 cm³/mol. The van der Waals surface area contributed by atoms with Gasteiger partial charge in [-0.2, -0.15) is 0 Å². The lowest BCUT2D eigenvalue weighted by Crippen LogP contribution is -2.38. The molecule has 2 fully saturated rings. The molecule has 1 aliphatic heterocycles. The van der Waals surface area contributed by atoms with E-state index in [4.69, 9.17) is 5.73 Å². The SMILES string of the molecule is NC1CCCC2CN(c3ncc[nH]c3=O)CC12. The second-order valence-electron chi connectivity index (χ2n) is 5.17. The molecular weight excluding hydrogens is 216 g/mol. The van der Waals surface area contributed by atoms with E-state index in [2.05, 4.69) is 14.9 Å². The van der Waals surface area contributed by atoms with Crippen LogP contribution >= 0.6 is 0 Å². The highest BCUT2D eigenvalue weighted by atomic mass is 16.1. The Hall–Kier alpha value is -1.36. The molecule has 0 radical (unpaired) electrons. The van der Waals surface area contributed by atoms with Crippen molar-refractivity contribution in [3.63, 3.8) is 0 Å². The number of aromatic nitrogens is 2. The molecule has 0 aromatic carbocycles. The Labute approximate surface area is 100 Å². The van der Waals surface area contributed by atoms with Crippen molar-refractivity contribution in [1.82, 2.24) is 9.97 Å². The number of hydrogen-bond acceptors (Lipinski definition) is 4. The first-order valence-corrected chi connectivity index (χ1v) is 6.30. The van der Waals surface area contributed by atoms with E-state index in [0.29, 0.717) is 23.7 Å². The number of anilines is 1. The van der Waals surface area contributed by atoms with Crippen LogP contribution in [0.2, 0.25) is 0 Å². The van der Waals surface area contributed by atoms with E-state index >= 15 is 0 Å². The molecule has 92 valence electrons. The fourth-order valence-electron chi connectivity index (χ4n) is 3.26. The van der Waals surface area contributed by atoms with Crippen LogP contribution in [0.15, 0.2) is 17.2 Å². The van der Waals surface area contributed by atoms with E-state index in [1.165, 1.54) is 12.8 Å². The van der Waals surface area contributed by atoms with Crippen LogP contribution in [-0.4, -0.2) is 29.1 Å². The molecule has 2 aliphatic rings. The van der Waals surface area contributed by atoms with Gasteiger partial charge in [-0.05, 0) is 24.7 Å². The lowest BCUT2D eigenvalue weighted by atomic mass is 9.78. The van der Waals surface area contributed by atoms with E-state index in [-0.39, 0.29) is 5.56 Å². The van der Waals surface area contributed by atoms with Gasteiger partial charge in [0.1, 0.15) is 0 Å². The number of aromatic amines is 1.